The number of methoxy groups -OCH3 is 1. The zero-order valence-corrected chi connectivity index (χ0v) is 11.5. The van der Waals surface area contributed by atoms with Gasteiger partial charge in [-0.25, -0.2) is 8.78 Å². The van der Waals surface area contributed by atoms with Crippen molar-refractivity contribution < 1.29 is 18.3 Å². The van der Waals surface area contributed by atoms with E-state index >= 15 is 0 Å². The van der Waals surface area contributed by atoms with Gasteiger partial charge in [0, 0.05) is 10.0 Å². The number of benzene rings is 2. The molecular formula is C14H9BrF2O2. The second-order valence-corrected chi connectivity index (χ2v) is 4.63. The van der Waals surface area contributed by atoms with Crippen molar-refractivity contribution in [2.75, 3.05) is 7.11 Å². The van der Waals surface area contributed by atoms with Crippen LogP contribution in [0.25, 0.3) is 0 Å². The molecular weight excluding hydrogens is 318 g/mol. The van der Waals surface area contributed by atoms with Gasteiger partial charge < -0.3 is 4.74 Å². The van der Waals surface area contributed by atoms with Crippen molar-refractivity contribution in [2.45, 2.75) is 0 Å². The zero-order valence-electron chi connectivity index (χ0n) is 9.91. The van der Waals surface area contributed by atoms with E-state index in [2.05, 4.69) is 15.9 Å². The van der Waals surface area contributed by atoms with E-state index in [9.17, 15) is 13.6 Å². The smallest absolute Gasteiger partial charge is 0.197 e. The highest BCUT2D eigenvalue weighted by atomic mass is 79.9. The summed E-state index contributed by atoms with van der Waals surface area (Å²) in [5.74, 6) is -1.88. The highest BCUT2D eigenvalue weighted by Gasteiger charge is 2.18. The van der Waals surface area contributed by atoms with Crippen molar-refractivity contribution >= 4 is 21.7 Å². The molecule has 2 rings (SSSR count). The average molecular weight is 327 g/mol. The molecule has 0 fully saturated rings. The van der Waals surface area contributed by atoms with Gasteiger partial charge in [-0.05, 0) is 46.3 Å². The van der Waals surface area contributed by atoms with Crippen molar-refractivity contribution in [2.24, 2.45) is 0 Å². The van der Waals surface area contributed by atoms with E-state index in [1.165, 1.54) is 31.4 Å². The molecule has 0 spiro atoms. The van der Waals surface area contributed by atoms with Crippen molar-refractivity contribution in [1.82, 2.24) is 0 Å². The number of ether oxygens (including phenoxy) is 1. The fraction of sp³-hybridized carbons (Fsp3) is 0.0714. The molecule has 0 heterocycles. The Hall–Kier alpha value is -1.75. The molecule has 0 N–H and O–H groups in total. The van der Waals surface area contributed by atoms with Crippen LogP contribution in [0.15, 0.2) is 40.9 Å². The SMILES string of the molecule is COc1ccc(C(=O)c2c(F)cccc2Br)cc1F. The number of ketones is 1. The Kier molecular flexibility index (Phi) is 3.95. The minimum absolute atomic E-state index is 0.0316. The first-order chi connectivity index (χ1) is 9.04. The van der Waals surface area contributed by atoms with E-state index in [1.54, 1.807) is 6.07 Å². The Morgan fingerprint density at radius 1 is 1.16 bits per heavy atom. The van der Waals surface area contributed by atoms with Gasteiger partial charge in [-0.3, -0.25) is 4.79 Å². The molecule has 2 nitrogen and oxygen atoms in total. The third-order valence-corrected chi connectivity index (χ3v) is 3.26. The zero-order chi connectivity index (χ0) is 14.0. The molecule has 0 bridgehead atoms. The molecule has 0 saturated heterocycles. The lowest BCUT2D eigenvalue weighted by Crippen LogP contribution is -2.06. The molecule has 0 atom stereocenters. The maximum absolute atomic E-state index is 13.7. The fourth-order valence-corrected chi connectivity index (χ4v) is 2.19. The lowest BCUT2D eigenvalue weighted by molar-refractivity contribution is 0.103. The molecule has 98 valence electrons. The third kappa shape index (κ3) is 2.66. The molecule has 0 radical (unpaired) electrons. The van der Waals surface area contributed by atoms with E-state index in [0.717, 1.165) is 6.07 Å². The van der Waals surface area contributed by atoms with Crippen molar-refractivity contribution in [1.29, 1.82) is 0 Å². The van der Waals surface area contributed by atoms with Gasteiger partial charge in [0.15, 0.2) is 17.3 Å². The number of rotatable bonds is 3. The van der Waals surface area contributed by atoms with Crippen LogP contribution in [-0.2, 0) is 0 Å². The lowest BCUT2D eigenvalue weighted by atomic mass is 10.0. The number of halogens is 3. The van der Waals surface area contributed by atoms with Gasteiger partial charge in [-0.1, -0.05) is 6.07 Å². The first-order valence-electron chi connectivity index (χ1n) is 5.37. The standard InChI is InChI=1S/C14H9BrF2O2/c1-19-12-6-5-8(7-11(12)17)14(18)13-9(15)3-2-4-10(13)16/h2-7H,1H3. The largest absolute Gasteiger partial charge is 0.494 e. The van der Waals surface area contributed by atoms with Gasteiger partial charge in [0.1, 0.15) is 5.82 Å². The summed E-state index contributed by atoms with van der Waals surface area (Å²) in [5, 5.41) is 0. The monoisotopic (exact) mass is 326 g/mol. The first-order valence-corrected chi connectivity index (χ1v) is 6.16. The van der Waals surface area contributed by atoms with Gasteiger partial charge >= 0.3 is 0 Å². The van der Waals surface area contributed by atoms with Gasteiger partial charge in [-0.2, -0.15) is 0 Å². The summed E-state index contributed by atoms with van der Waals surface area (Å²) in [5.41, 5.74) is -0.0591. The topological polar surface area (TPSA) is 26.3 Å². The van der Waals surface area contributed by atoms with Gasteiger partial charge in [-0.15, -0.1) is 0 Å². The number of hydrogen-bond acceptors (Lipinski definition) is 2. The molecule has 19 heavy (non-hydrogen) atoms. The normalized spacial score (nSPS) is 10.3. The van der Waals surface area contributed by atoms with Crippen LogP contribution in [0, 0.1) is 11.6 Å². The van der Waals surface area contributed by atoms with Crippen molar-refractivity contribution in [3.05, 3.63) is 63.6 Å². The minimum atomic E-state index is -0.666. The van der Waals surface area contributed by atoms with E-state index in [1.807, 2.05) is 0 Å². The van der Waals surface area contributed by atoms with Crippen LogP contribution < -0.4 is 4.74 Å². The highest BCUT2D eigenvalue weighted by molar-refractivity contribution is 9.10. The summed E-state index contributed by atoms with van der Waals surface area (Å²) >= 11 is 3.11. The Morgan fingerprint density at radius 3 is 2.47 bits per heavy atom. The van der Waals surface area contributed by atoms with Crippen LogP contribution >= 0.6 is 15.9 Å². The fourth-order valence-electron chi connectivity index (χ4n) is 1.67. The maximum Gasteiger partial charge on any atom is 0.197 e. The Morgan fingerprint density at radius 2 is 1.89 bits per heavy atom. The predicted octanol–water partition coefficient (Wildman–Crippen LogP) is 3.97. The van der Waals surface area contributed by atoms with Gasteiger partial charge in [0.05, 0.1) is 12.7 Å². The maximum atomic E-state index is 13.7. The third-order valence-electron chi connectivity index (χ3n) is 2.60. The Balaban J connectivity index is 2.48. The molecule has 2 aromatic rings. The van der Waals surface area contributed by atoms with Crippen molar-refractivity contribution in [3.8, 4) is 5.75 Å². The van der Waals surface area contributed by atoms with E-state index < -0.39 is 17.4 Å². The van der Waals surface area contributed by atoms with Crippen LogP contribution in [-0.4, -0.2) is 12.9 Å². The predicted molar refractivity (Wildman–Crippen MR) is 70.5 cm³/mol. The molecule has 2 aromatic carbocycles. The molecule has 5 heteroatoms. The van der Waals surface area contributed by atoms with E-state index in [4.69, 9.17) is 4.74 Å². The summed E-state index contributed by atoms with van der Waals surface area (Å²) in [7, 11) is 1.33. The summed E-state index contributed by atoms with van der Waals surface area (Å²) < 4.78 is 32.3. The highest BCUT2D eigenvalue weighted by Crippen LogP contribution is 2.25. The number of carbonyl (C=O) groups is 1. The molecule has 0 unspecified atom stereocenters. The molecule has 0 aliphatic rings. The molecule has 0 aromatic heterocycles. The number of carbonyl (C=O) groups excluding carboxylic acids is 1. The van der Waals surface area contributed by atoms with Gasteiger partial charge in [0.2, 0.25) is 0 Å². The summed E-state index contributed by atoms with van der Waals surface area (Å²) in [6.45, 7) is 0. The number of hydrogen-bond donors (Lipinski definition) is 0. The van der Waals surface area contributed by atoms with Crippen LogP contribution in [0.4, 0.5) is 8.78 Å². The molecule has 0 saturated carbocycles. The second-order valence-electron chi connectivity index (χ2n) is 3.78. The first kappa shape index (κ1) is 13.7. The molecule has 0 amide bonds. The van der Waals surface area contributed by atoms with E-state index in [-0.39, 0.29) is 16.9 Å². The Labute approximate surface area is 117 Å². The van der Waals surface area contributed by atoms with Crippen LogP contribution in [0.3, 0.4) is 0 Å². The summed E-state index contributed by atoms with van der Waals surface area (Å²) in [6.07, 6.45) is 0. The minimum Gasteiger partial charge on any atom is -0.494 e. The molecule has 0 aliphatic heterocycles. The summed E-state index contributed by atoms with van der Waals surface area (Å²) in [4.78, 5) is 12.2. The Bertz CT molecular complexity index is 621. The average Bonchev–Trinajstić information content (AvgIpc) is 2.38. The lowest BCUT2D eigenvalue weighted by Gasteiger charge is -2.07. The van der Waals surface area contributed by atoms with Crippen LogP contribution in [0.1, 0.15) is 15.9 Å². The van der Waals surface area contributed by atoms with Crippen LogP contribution in [0.2, 0.25) is 0 Å². The second kappa shape index (κ2) is 5.48. The molecule has 0 aliphatic carbocycles. The van der Waals surface area contributed by atoms with Crippen LogP contribution in [0.5, 0.6) is 5.75 Å². The quantitative estimate of drug-likeness (QED) is 0.798. The van der Waals surface area contributed by atoms with Crippen molar-refractivity contribution in [3.63, 3.8) is 0 Å². The van der Waals surface area contributed by atoms with E-state index in [0.29, 0.717) is 4.47 Å². The summed E-state index contributed by atoms with van der Waals surface area (Å²) in [6, 6.07) is 7.96. The van der Waals surface area contributed by atoms with Gasteiger partial charge in [0.25, 0.3) is 0 Å².